The lowest BCUT2D eigenvalue weighted by atomic mass is 10.2. The number of benzene rings is 1. The van der Waals surface area contributed by atoms with Gasteiger partial charge >= 0.3 is 0 Å². The highest BCUT2D eigenvalue weighted by molar-refractivity contribution is 9.10. The summed E-state index contributed by atoms with van der Waals surface area (Å²) >= 11 is 9.40. The molecular formula is C13H19BrClN. The molecule has 0 heterocycles. The van der Waals surface area contributed by atoms with Gasteiger partial charge in [0.25, 0.3) is 0 Å². The molecule has 1 aromatic rings. The van der Waals surface area contributed by atoms with Crippen LogP contribution in [-0.4, -0.2) is 13.6 Å². The molecule has 0 N–H and O–H groups in total. The van der Waals surface area contributed by atoms with Crippen LogP contribution >= 0.6 is 27.5 Å². The van der Waals surface area contributed by atoms with Gasteiger partial charge in [0.2, 0.25) is 0 Å². The van der Waals surface area contributed by atoms with E-state index < -0.39 is 0 Å². The highest BCUT2D eigenvalue weighted by atomic mass is 79.9. The first-order valence-electron chi connectivity index (χ1n) is 5.74. The topological polar surface area (TPSA) is 3.24 Å². The lowest BCUT2D eigenvalue weighted by molar-refractivity contribution is 0.704. The van der Waals surface area contributed by atoms with Crippen LogP contribution in [0.5, 0.6) is 0 Å². The van der Waals surface area contributed by atoms with Gasteiger partial charge in [-0.2, -0.15) is 0 Å². The van der Waals surface area contributed by atoms with Crippen LogP contribution in [-0.2, 0) is 5.88 Å². The largest absolute Gasteiger partial charge is 0.374 e. The van der Waals surface area contributed by atoms with E-state index in [1.165, 1.54) is 24.9 Å². The van der Waals surface area contributed by atoms with E-state index in [2.05, 4.69) is 53.0 Å². The molecule has 0 bridgehead atoms. The highest BCUT2D eigenvalue weighted by Gasteiger charge is 2.05. The fourth-order valence-corrected chi connectivity index (χ4v) is 2.56. The third kappa shape index (κ3) is 3.99. The van der Waals surface area contributed by atoms with E-state index in [-0.39, 0.29) is 0 Å². The molecule has 16 heavy (non-hydrogen) atoms. The molecule has 0 aliphatic carbocycles. The average Bonchev–Trinajstić information content (AvgIpc) is 2.29. The lowest BCUT2D eigenvalue weighted by Crippen LogP contribution is -2.18. The van der Waals surface area contributed by atoms with E-state index >= 15 is 0 Å². The second kappa shape index (κ2) is 7.18. The first-order valence-corrected chi connectivity index (χ1v) is 7.07. The van der Waals surface area contributed by atoms with E-state index in [4.69, 9.17) is 11.6 Å². The Balaban J connectivity index is 2.64. The number of halogens is 2. The third-order valence-corrected chi connectivity index (χ3v) is 3.62. The van der Waals surface area contributed by atoms with Crippen LogP contribution in [0.15, 0.2) is 22.7 Å². The number of hydrogen-bond acceptors (Lipinski definition) is 1. The zero-order valence-corrected chi connectivity index (χ0v) is 12.3. The van der Waals surface area contributed by atoms with Gasteiger partial charge in [0.1, 0.15) is 0 Å². The van der Waals surface area contributed by atoms with Gasteiger partial charge in [-0.3, -0.25) is 0 Å². The van der Waals surface area contributed by atoms with Gasteiger partial charge in [-0.15, -0.1) is 11.6 Å². The Morgan fingerprint density at radius 3 is 2.62 bits per heavy atom. The van der Waals surface area contributed by atoms with Gasteiger partial charge in [0, 0.05) is 23.9 Å². The molecule has 0 saturated heterocycles. The Morgan fingerprint density at radius 1 is 1.31 bits per heavy atom. The number of unbranched alkanes of at least 4 members (excludes halogenated alkanes) is 2. The summed E-state index contributed by atoms with van der Waals surface area (Å²) in [6, 6.07) is 6.32. The number of alkyl halides is 1. The molecule has 0 saturated carbocycles. The summed E-state index contributed by atoms with van der Waals surface area (Å²) < 4.78 is 1.13. The molecule has 1 rings (SSSR count). The van der Waals surface area contributed by atoms with Crippen LogP contribution < -0.4 is 4.90 Å². The number of nitrogens with zero attached hydrogens (tertiary/aromatic N) is 1. The van der Waals surface area contributed by atoms with Crippen molar-refractivity contribution in [3.63, 3.8) is 0 Å². The van der Waals surface area contributed by atoms with E-state index in [1.54, 1.807) is 0 Å². The molecule has 90 valence electrons. The zero-order chi connectivity index (χ0) is 12.0. The van der Waals surface area contributed by atoms with Crippen LogP contribution in [0.3, 0.4) is 0 Å². The van der Waals surface area contributed by atoms with Crippen LogP contribution in [0.1, 0.15) is 31.7 Å². The fraction of sp³-hybridized carbons (Fsp3) is 0.538. The molecule has 0 atom stereocenters. The van der Waals surface area contributed by atoms with Gasteiger partial charge in [0.15, 0.2) is 0 Å². The van der Waals surface area contributed by atoms with Crippen molar-refractivity contribution < 1.29 is 0 Å². The Hall–Kier alpha value is -0.210. The van der Waals surface area contributed by atoms with Crippen LogP contribution in [0.4, 0.5) is 5.69 Å². The summed E-state index contributed by atoms with van der Waals surface area (Å²) in [6.45, 7) is 3.33. The molecule has 1 aromatic carbocycles. The Bertz CT molecular complexity index is 328. The summed E-state index contributed by atoms with van der Waals surface area (Å²) in [5.74, 6) is 0.568. The minimum Gasteiger partial charge on any atom is -0.374 e. The van der Waals surface area contributed by atoms with Crippen molar-refractivity contribution in [1.82, 2.24) is 0 Å². The van der Waals surface area contributed by atoms with Crippen molar-refractivity contribution in [3.8, 4) is 0 Å². The fourth-order valence-electron chi connectivity index (χ4n) is 1.66. The maximum atomic E-state index is 5.80. The molecule has 3 heteroatoms. The molecule has 0 aromatic heterocycles. The summed E-state index contributed by atoms with van der Waals surface area (Å²) in [5, 5.41) is 0. The molecule has 0 aliphatic heterocycles. The van der Waals surface area contributed by atoms with E-state index in [1.807, 2.05) is 0 Å². The van der Waals surface area contributed by atoms with Crippen molar-refractivity contribution in [2.24, 2.45) is 0 Å². The first-order chi connectivity index (χ1) is 7.69. The number of anilines is 1. The lowest BCUT2D eigenvalue weighted by Gasteiger charge is -2.21. The maximum Gasteiger partial charge on any atom is 0.0508 e. The summed E-state index contributed by atoms with van der Waals surface area (Å²) in [5.41, 5.74) is 2.39. The van der Waals surface area contributed by atoms with Gasteiger partial charge in [0.05, 0.1) is 5.69 Å². The number of rotatable bonds is 6. The smallest absolute Gasteiger partial charge is 0.0508 e. The molecule has 0 aliphatic rings. The second-order valence-corrected chi connectivity index (χ2v) is 5.17. The SMILES string of the molecule is CCCCCN(C)c1ccc(CCl)cc1Br. The van der Waals surface area contributed by atoms with Gasteiger partial charge in [-0.1, -0.05) is 25.8 Å². The van der Waals surface area contributed by atoms with E-state index in [0.717, 1.165) is 16.6 Å². The zero-order valence-electron chi connectivity index (χ0n) is 9.97. The minimum atomic E-state index is 0.568. The molecule has 0 amide bonds. The average molecular weight is 305 g/mol. The van der Waals surface area contributed by atoms with Crippen LogP contribution in [0, 0.1) is 0 Å². The summed E-state index contributed by atoms with van der Waals surface area (Å²) in [7, 11) is 2.14. The normalized spacial score (nSPS) is 10.5. The van der Waals surface area contributed by atoms with E-state index in [9.17, 15) is 0 Å². The summed E-state index contributed by atoms with van der Waals surface area (Å²) in [6.07, 6.45) is 3.80. The molecule has 0 spiro atoms. The third-order valence-electron chi connectivity index (χ3n) is 2.67. The molecule has 0 fully saturated rings. The van der Waals surface area contributed by atoms with Crippen molar-refractivity contribution in [1.29, 1.82) is 0 Å². The summed E-state index contributed by atoms with van der Waals surface area (Å²) in [4.78, 5) is 2.29. The quantitative estimate of drug-likeness (QED) is 0.538. The van der Waals surface area contributed by atoms with Crippen LogP contribution in [0.2, 0.25) is 0 Å². The van der Waals surface area contributed by atoms with Gasteiger partial charge in [-0.25, -0.2) is 0 Å². The van der Waals surface area contributed by atoms with Gasteiger partial charge in [-0.05, 0) is 40.0 Å². The second-order valence-electron chi connectivity index (χ2n) is 4.05. The van der Waals surface area contributed by atoms with E-state index in [0.29, 0.717) is 5.88 Å². The van der Waals surface area contributed by atoms with Crippen molar-refractivity contribution in [2.45, 2.75) is 32.1 Å². The first kappa shape index (κ1) is 13.9. The maximum absolute atomic E-state index is 5.80. The monoisotopic (exact) mass is 303 g/mol. The highest BCUT2D eigenvalue weighted by Crippen LogP contribution is 2.27. The van der Waals surface area contributed by atoms with Crippen molar-refractivity contribution >= 4 is 33.2 Å². The minimum absolute atomic E-state index is 0.568. The van der Waals surface area contributed by atoms with Crippen molar-refractivity contribution in [2.75, 3.05) is 18.5 Å². The molecule has 0 unspecified atom stereocenters. The Morgan fingerprint density at radius 2 is 2.06 bits per heavy atom. The predicted molar refractivity (Wildman–Crippen MR) is 76.5 cm³/mol. The van der Waals surface area contributed by atoms with Crippen LogP contribution in [0.25, 0.3) is 0 Å². The molecule has 0 radical (unpaired) electrons. The molecule has 1 nitrogen and oxygen atoms in total. The molecular weight excluding hydrogens is 286 g/mol. The van der Waals surface area contributed by atoms with Gasteiger partial charge < -0.3 is 4.90 Å². The number of hydrogen-bond donors (Lipinski definition) is 0. The Kier molecular flexibility index (Phi) is 6.22. The van der Waals surface area contributed by atoms with Crippen molar-refractivity contribution in [3.05, 3.63) is 28.2 Å². The Labute approximate surface area is 112 Å². The standard InChI is InChI=1S/C13H19BrClN/c1-3-4-5-8-16(2)13-7-6-11(10-15)9-12(13)14/h6-7,9H,3-5,8,10H2,1-2H3. The predicted octanol–water partition coefficient (Wildman–Crippen LogP) is 4.81.